The van der Waals surface area contributed by atoms with Crippen LogP contribution in [0.4, 0.5) is 15.2 Å². The summed E-state index contributed by atoms with van der Waals surface area (Å²) in [4.78, 5) is 44.7. The van der Waals surface area contributed by atoms with E-state index in [4.69, 9.17) is 9.47 Å². The molecule has 1 heterocycles. The minimum Gasteiger partial charge on any atom is -0.493 e. The summed E-state index contributed by atoms with van der Waals surface area (Å²) in [6.45, 7) is 1.77. The molecule has 0 bridgehead atoms. The highest BCUT2D eigenvalue weighted by Gasteiger charge is 2.19. The van der Waals surface area contributed by atoms with E-state index in [9.17, 15) is 18.8 Å². The molecule has 48 heavy (non-hydrogen) atoms. The summed E-state index contributed by atoms with van der Waals surface area (Å²) in [5.41, 5.74) is 2.83. The van der Waals surface area contributed by atoms with Crippen molar-refractivity contribution in [3.63, 3.8) is 0 Å². The number of anilines is 2. The van der Waals surface area contributed by atoms with E-state index in [-0.39, 0.29) is 11.6 Å². The molecular weight excluding hydrogens is 652 g/mol. The third-order valence-electron chi connectivity index (χ3n) is 6.90. The Kier molecular flexibility index (Phi) is 11.2. The summed E-state index contributed by atoms with van der Waals surface area (Å²) in [6.07, 6.45) is 1.47. The molecule has 1 aromatic heterocycles. The first-order valence-electron chi connectivity index (χ1n) is 14.6. The van der Waals surface area contributed by atoms with Crippen LogP contribution >= 0.6 is 23.1 Å². The molecular formula is C36H31FN4O5S2. The summed E-state index contributed by atoms with van der Waals surface area (Å²) in [6, 6.07) is 26.5. The molecule has 5 aromatic rings. The van der Waals surface area contributed by atoms with Crippen LogP contribution in [0.1, 0.15) is 22.8 Å². The van der Waals surface area contributed by atoms with Crippen LogP contribution in [0, 0.1) is 5.82 Å². The average Bonchev–Trinajstić information content (AvgIpc) is 3.57. The van der Waals surface area contributed by atoms with Gasteiger partial charge in [-0.1, -0.05) is 36.4 Å². The van der Waals surface area contributed by atoms with Crippen molar-refractivity contribution in [2.45, 2.75) is 17.1 Å². The van der Waals surface area contributed by atoms with Gasteiger partial charge in [-0.3, -0.25) is 14.4 Å². The highest BCUT2D eigenvalue weighted by atomic mass is 32.2. The number of ether oxygens (including phenoxy) is 2. The van der Waals surface area contributed by atoms with Crippen molar-refractivity contribution >= 4 is 57.7 Å². The number of rotatable bonds is 12. The summed E-state index contributed by atoms with van der Waals surface area (Å²) in [5.74, 6) is -0.527. The third kappa shape index (κ3) is 8.87. The first-order chi connectivity index (χ1) is 23.2. The Morgan fingerprint density at radius 1 is 0.875 bits per heavy atom. The summed E-state index contributed by atoms with van der Waals surface area (Å²) >= 11 is 2.62. The molecule has 12 heteroatoms. The first-order valence-corrected chi connectivity index (χ1v) is 16.4. The zero-order valence-corrected chi connectivity index (χ0v) is 27.8. The van der Waals surface area contributed by atoms with Crippen LogP contribution in [-0.4, -0.2) is 42.2 Å². The molecule has 0 spiro atoms. The van der Waals surface area contributed by atoms with Gasteiger partial charge in [0.2, 0.25) is 5.91 Å². The Morgan fingerprint density at radius 3 is 2.35 bits per heavy atom. The van der Waals surface area contributed by atoms with Gasteiger partial charge in [-0.2, -0.15) is 0 Å². The number of benzene rings is 4. The van der Waals surface area contributed by atoms with Crippen molar-refractivity contribution in [2.75, 3.05) is 24.9 Å². The predicted octanol–water partition coefficient (Wildman–Crippen LogP) is 7.50. The van der Waals surface area contributed by atoms with Crippen molar-refractivity contribution in [1.29, 1.82) is 0 Å². The van der Waals surface area contributed by atoms with Crippen molar-refractivity contribution in [3.05, 3.63) is 125 Å². The number of carbonyl (C=O) groups is 3. The van der Waals surface area contributed by atoms with E-state index in [0.717, 1.165) is 10.5 Å². The molecule has 244 valence electrons. The highest BCUT2D eigenvalue weighted by molar-refractivity contribution is 8.00. The zero-order valence-electron chi connectivity index (χ0n) is 26.2. The first kappa shape index (κ1) is 33.9. The summed E-state index contributed by atoms with van der Waals surface area (Å²) in [7, 11) is 3.13. The summed E-state index contributed by atoms with van der Waals surface area (Å²) < 4.78 is 24.2. The number of thioether (sulfide) groups is 1. The fourth-order valence-electron chi connectivity index (χ4n) is 4.44. The number of halogens is 1. The third-order valence-corrected chi connectivity index (χ3v) is 8.75. The fourth-order valence-corrected chi connectivity index (χ4v) is 6.09. The number of hydrogen-bond acceptors (Lipinski definition) is 8. The van der Waals surface area contributed by atoms with E-state index in [2.05, 4.69) is 20.9 Å². The SMILES string of the molecule is COc1ccc(-c2csc(NC(=O)C(C)Sc3cccc(NC(=O)/C(=C/c4ccc(F)cc4)NC(=O)c4ccccc4)c3)n2)cc1OC. The average molecular weight is 683 g/mol. The molecule has 1 unspecified atom stereocenters. The van der Waals surface area contributed by atoms with Gasteiger partial charge >= 0.3 is 0 Å². The predicted molar refractivity (Wildman–Crippen MR) is 188 cm³/mol. The van der Waals surface area contributed by atoms with Crippen LogP contribution in [0.5, 0.6) is 11.5 Å². The number of amides is 3. The molecule has 3 amide bonds. The molecule has 0 fully saturated rings. The number of hydrogen-bond donors (Lipinski definition) is 3. The van der Waals surface area contributed by atoms with E-state index >= 15 is 0 Å². The quantitative estimate of drug-likeness (QED) is 0.0922. The Morgan fingerprint density at radius 2 is 1.62 bits per heavy atom. The molecule has 0 aliphatic carbocycles. The van der Waals surface area contributed by atoms with Gasteiger partial charge in [-0.05, 0) is 79.2 Å². The Hall–Kier alpha value is -5.46. The number of thiazole rings is 1. The van der Waals surface area contributed by atoms with E-state index in [1.54, 1.807) is 75.7 Å². The molecule has 0 aliphatic heterocycles. The smallest absolute Gasteiger partial charge is 0.272 e. The van der Waals surface area contributed by atoms with Gasteiger partial charge in [-0.25, -0.2) is 9.37 Å². The second-order valence-electron chi connectivity index (χ2n) is 10.3. The van der Waals surface area contributed by atoms with Gasteiger partial charge in [0.15, 0.2) is 16.6 Å². The lowest BCUT2D eigenvalue weighted by atomic mass is 10.1. The molecule has 4 aromatic carbocycles. The largest absolute Gasteiger partial charge is 0.493 e. The highest BCUT2D eigenvalue weighted by Crippen LogP contribution is 2.34. The fraction of sp³-hybridized carbons (Fsp3) is 0.111. The minimum absolute atomic E-state index is 0.0304. The van der Waals surface area contributed by atoms with Crippen LogP contribution in [-0.2, 0) is 9.59 Å². The van der Waals surface area contributed by atoms with Crippen LogP contribution < -0.4 is 25.4 Å². The second-order valence-corrected chi connectivity index (χ2v) is 12.5. The van der Waals surface area contributed by atoms with Crippen molar-refractivity contribution < 1.29 is 28.2 Å². The van der Waals surface area contributed by atoms with Gasteiger partial charge in [0.1, 0.15) is 11.5 Å². The van der Waals surface area contributed by atoms with Crippen LogP contribution in [0.15, 0.2) is 113 Å². The number of carbonyl (C=O) groups excluding carboxylic acids is 3. The molecule has 0 saturated carbocycles. The van der Waals surface area contributed by atoms with Crippen molar-refractivity contribution in [2.24, 2.45) is 0 Å². The maximum Gasteiger partial charge on any atom is 0.272 e. The van der Waals surface area contributed by atoms with Gasteiger partial charge in [0, 0.05) is 27.1 Å². The second kappa shape index (κ2) is 15.9. The monoisotopic (exact) mass is 682 g/mol. The molecule has 1 atom stereocenters. The Labute approximate surface area is 285 Å². The van der Waals surface area contributed by atoms with Crippen LogP contribution in [0.2, 0.25) is 0 Å². The van der Waals surface area contributed by atoms with E-state index in [1.165, 1.54) is 53.4 Å². The zero-order chi connectivity index (χ0) is 34.0. The molecule has 0 aliphatic rings. The van der Waals surface area contributed by atoms with Gasteiger partial charge in [0.05, 0.1) is 25.2 Å². The summed E-state index contributed by atoms with van der Waals surface area (Å²) in [5, 5.41) is 10.2. The van der Waals surface area contributed by atoms with E-state index in [1.807, 2.05) is 23.6 Å². The Bertz CT molecular complexity index is 1950. The molecule has 0 saturated heterocycles. The molecule has 5 rings (SSSR count). The lowest BCUT2D eigenvalue weighted by Gasteiger charge is -2.13. The lowest BCUT2D eigenvalue weighted by molar-refractivity contribution is -0.115. The van der Waals surface area contributed by atoms with Crippen LogP contribution in [0.25, 0.3) is 17.3 Å². The van der Waals surface area contributed by atoms with Crippen molar-refractivity contribution in [3.8, 4) is 22.8 Å². The Balaban J connectivity index is 1.24. The van der Waals surface area contributed by atoms with E-state index in [0.29, 0.717) is 39.1 Å². The molecule has 0 radical (unpaired) electrons. The standard InChI is InChI=1S/C36H31FN4O5S2/c1-22(33(42)41-36-40-30(21-47-36)25-14-17-31(45-2)32(19-25)46-3)48-28-11-7-10-27(20-28)38-35(44)29(18-23-12-15-26(37)16-13-23)39-34(43)24-8-5-4-6-9-24/h4-22H,1-3H3,(H,38,44)(H,39,43)(H,40,41,42)/b29-18-. The minimum atomic E-state index is -0.578. The number of methoxy groups -OCH3 is 2. The van der Waals surface area contributed by atoms with E-state index < -0.39 is 22.9 Å². The lowest BCUT2D eigenvalue weighted by Crippen LogP contribution is -2.30. The van der Waals surface area contributed by atoms with Gasteiger partial charge in [-0.15, -0.1) is 23.1 Å². The van der Waals surface area contributed by atoms with Gasteiger partial charge < -0.3 is 25.4 Å². The number of nitrogens with one attached hydrogen (secondary N) is 3. The van der Waals surface area contributed by atoms with Crippen molar-refractivity contribution in [1.82, 2.24) is 10.3 Å². The number of nitrogens with zero attached hydrogens (tertiary/aromatic N) is 1. The van der Waals surface area contributed by atoms with Crippen LogP contribution in [0.3, 0.4) is 0 Å². The van der Waals surface area contributed by atoms with Gasteiger partial charge in [0.25, 0.3) is 11.8 Å². The molecule has 9 nitrogen and oxygen atoms in total. The molecule has 3 N–H and O–H groups in total. The maximum absolute atomic E-state index is 13.5. The topological polar surface area (TPSA) is 119 Å². The normalized spacial score (nSPS) is 11.7. The maximum atomic E-state index is 13.5. The number of aromatic nitrogens is 1.